The van der Waals surface area contributed by atoms with Crippen molar-refractivity contribution in [2.24, 2.45) is 5.16 Å². The van der Waals surface area contributed by atoms with Gasteiger partial charge in [-0.25, -0.2) is 0 Å². The number of carboxylic acid groups (broad SMARTS) is 1. The molecular formula is C12H9N2O3-. The first kappa shape index (κ1) is 11.1. The van der Waals surface area contributed by atoms with Gasteiger partial charge in [-0.15, -0.1) is 0 Å². The fraction of sp³-hybridized carbons (Fsp3) is 0.250. The summed E-state index contributed by atoms with van der Waals surface area (Å²) >= 11 is 0. The molecule has 5 nitrogen and oxygen atoms in total. The van der Waals surface area contributed by atoms with Crippen molar-refractivity contribution in [1.29, 1.82) is 5.26 Å². The third-order valence-corrected chi connectivity index (χ3v) is 2.47. The minimum absolute atomic E-state index is 0.163. The summed E-state index contributed by atoms with van der Waals surface area (Å²) in [6, 6.07) is 8.92. The summed E-state index contributed by atoms with van der Waals surface area (Å²) in [4.78, 5) is 15.4. The fourth-order valence-electron chi connectivity index (χ4n) is 1.63. The van der Waals surface area contributed by atoms with Crippen molar-refractivity contribution in [2.75, 3.05) is 0 Å². The number of benzene rings is 1. The lowest BCUT2D eigenvalue weighted by atomic mass is 10.0. The van der Waals surface area contributed by atoms with Gasteiger partial charge in [-0.2, -0.15) is 5.26 Å². The summed E-state index contributed by atoms with van der Waals surface area (Å²) in [6.07, 6.45) is -0.172. The van der Waals surface area contributed by atoms with Crippen LogP contribution in [0, 0.1) is 11.3 Å². The molecule has 5 heteroatoms. The Kier molecular flexibility index (Phi) is 3.06. The Morgan fingerprint density at radius 1 is 1.53 bits per heavy atom. The fourth-order valence-corrected chi connectivity index (χ4v) is 1.63. The highest BCUT2D eigenvalue weighted by Crippen LogP contribution is 2.18. The van der Waals surface area contributed by atoms with Gasteiger partial charge in [-0.1, -0.05) is 17.3 Å². The van der Waals surface area contributed by atoms with Gasteiger partial charge in [0.2, 0.25) is 0 Å². The van der Waals surface area contributed by atoms with E-state index in [0.29, 0.717) is 17.7 Å². The third kappa shape index (κ3) is 2.61. The molecule has 0 aromatic heterocycles. The van der Waals surface area contributed by atoms with Crippen LogP contribution in [0.2, 0.25) is 0 Å². The molecule has 0 fully saturated rings. The Hall–Kier alpha value is -2.35. The molecular weight excluding hydrogens is 220 g/mol. The molecule has 2 rings (SSSR count). The molecule has 1 aromatic carbocycles. The number of rotatable bonds is 3. The summed E-state index contributed by atoms with van der Waals surface area (Å²) in [6.45, 7) is 0. The Labute approximate surface area is 97.9 Å². The van der Waals surface area contributed by atoms with Crippen molar-refractivity contribution >= 4 is 11.7 Å². The first-order valence-corrected chi connectivity index (χ1v) is 5.12. The first-order valence-electron chi connectivity index (χ1n) is 5.12. The molecule has 1 heterocycles. The number of oxime groups is 1. The predicted molar refractivity (Wildman–Crippen MR) is 56.8 cm³/mol. The third-order valence-electron chi connectivity index (χ3n) is 2.47. The van der Waals surface area contributed by atoms with E-state index in [0.717, 1.165) is 5.56 Å². The first-order chi connectivity index (χ1) is 8.19. The Balaban J connectivity index is 2.05. The lowest BCUT2D eigenvalue weighted by Gasteiger charge is -2.07. The number of carboxylic acids is 1. The summed E-state index contributed by atoms with van der Waals surface area (Å²) in [7, 11) is 0. The minimum Gasteiger partial charge on any atom is -0.550 e. The summed E-state index contributed by atoms with van der Waals surface area (Å²) in [5.41, 5.74) is 2.10. The molecule has 1 unspecified atom stereocenters. The lowest BCUT2D eigenvalue weighted by molar-refractivity contribution is -0.307. The van der Waals surface area contributed by atoms with Crippen LogP contribution in [-0.2, 0) is 9.63 Å². The van der Waals surface area contributed by atoms with Gasteiger partial charge in [0.05, 0.1) is 17.3 Å². The molecule has 0 saturated carbocycles. The van der Waals surface area contributed by atoms with Gasteiger partial charge in [0, 0.05) is 18.8 Å². The van der Waals surface area contributed by atoms with Crippen LogP contribution in [0.1, 0.15) is 24.0 Å². The zero-order chi connectivity index (χ0) is 12.3. The van der Waals surface area contributed by atoms with Crippen LogP contribution in [0.25, 0.3) is 0 Å². The van der Waals surface area contributed by atoms with E-state index in [1.807, 2.05) is 6.07 Å². The van der Waals surface area contributed by atoms with Crippen LogP contribution in [-0.4, -0.2) is 17.8 Å². The molecule has 1 atom stereocenters. The van der Waals surface area contributed by atoms with E-state index < -0.39 is 12.1 Å². The zero-order valence-corrected chi connectivity index (χ0v) is 8.92. The number of nitrogens with zero attached hydrogens (tertiary/aromatic N) is 2. The molecule has 0 bridgehead atoms. The minimum atomic E-state index is -1.15. The molecule has 86 valence electrons. The number of carbonyl (C=O) groups excluding carboxylic acids is 1. The van der Waals surface area contributed by atoms with Gasteiger partial charge < -0.3 is 14.7 Å². The topological polar surface area (TPSA) is 85.5 Å². The Morgan fingerprint density at radius 2 is 2.24 bits per heavy atom. The van der Waals surface area contributed by atoms with E-state index >= 15 is 0 Å². The quantitative estimate of drug-likeness (QED) is 0.740. The highest BCUT2D eigenvalue weighted by Gasteiger charge is 2.22. The van der Waals surface area contributed by atoms with Crippen LogP contribution in [0.4, 0.5) is 0 Å². The molecule has 17 heavy (non-hydrogen) atoms. The van der Waals surface area contributed by atoms with Gasteiger partial charge in [-0.05, 0) is 17.7 Å². The van der Waals surface area contributed by atoms with E-state index in [-0.39, 0.29) is 6.42 Å². The van der Waals surface area contributed by atoms with Crippen molar-refractivity contribution < 1.29 is 14.7 Å². The van der Waals surface area contributed by atoms with Crippen LogP contribution in [0.5, 0.6) is 0 Å². The van der Waals surface area contributed by atoms with Crippen molar-refractivity contribution in [3.8, 4) is 6.07 Å². The number of carbonyl (C=O) groups is 1. The van der Waals surface area contributed by atoms with Crippen LogP contribution in [0.15, 0.2) is 29.4 Å². The van der Waals surface area contributed by atoms with E-state index in [1.54, 1.807) is 24.3 Å². The number of nitriles is 1. The largest absolute Gasteiger partial charge is 0.550 e. The molecule has 1 aliphatic rings. The summed E-state index contributed by atoms with van der Waals surface area (Å²) in [5, 5.41) is 22.9. The maximum absolute atomic E-state index is 10.4. The standard InChI is InChI=1S/C12H10N2O3/c13-7-8-1-3-9(4-2-8)11-5-10(17-14-11)6-12(15)16/h1-4,10H,5-6H2,(H,15,16)/p-1. The monoisotopic (exact) mass is 229 g/mol. The smallest absolute Gasteiger partial charge is 0.138 e. The normalized spacial score (nSPS) is 18.1. The van der Waals surface area contributed by atoms with E-state index in [1.165, 1.54) is 0 Å². The van der Waals surface area contributed by atoms with Crippen molar-refractivity contribution in [2.45, 2.75) is 18.9 Å². The van der Waals surface area contributed by atoms with Gasteiger partial charge in [-0.3, -0.25) is 0 Å². The molecule has 1 aromatic rings. The summed E-state index contributed by atoms with van der Waals surface area (Å²) < 4.78 is 0. The van der Waals surface area contributed by atoms with Crippen LogP contribution in [0.3, 0.4) is 0 Å². The second-order valence-corrected chi connectivity index (χ2v) is 3.73. The molecule has 0 saturated heterocycles. The average Bonchev–Trinajstić information content (AvgIpc) is 2.77. The molecule has 0 spiro atoms. The molecule has 0 N–H and O–H groups in total. The second-order valence-electron chi connectivity index (χ2n) is 3.73. The van der Waals surface area contributed by atoms with Crippen molar-refractivity contribution in [3.05, 3.63) is 35.4 Å². The lowest BCUT2D eigenvalue weighted by Crippen LogP contribution is -2.27. The molecule has 0 amide bonds. The van der Waals surface area contributed by atoms with Gasteiger partial charge in [0.25, 0.3) is 0 Å². The van der Waals surface area contributed by atoms with Gasteiger partial charge in [0.15, 0.2) is 0 Å². The second kappa shape index (κ2) is 4.66. The zero-order valence-electron chi connectivity index (χ0n) is 8.92. The number of aliphatic carboxylic acids is 1. The predicted octanol–water partition coefficient (Wildman–Crippen LogP) is 0.191. The van der Waals surface area contributed by atoms with E-state index in [4.69, 9.17) is 10.1 Å². The van der Waals surface area contributed by atoms with E-state index in [9.17, 15) is 9.90 Å². The highest BCUT2D eigenvalue weighted by atomic mass is 16.6. The highest BCUT2D eigenvalue weighted by molar-refractivity contribution is 6.01. The maximum Gasteiger partial charge on any atom is 0.138 e. The van der Waals surface area contributed by atoms with Crippen LogP contribution >= 0.6 is 0 Å². The van der Waals surface area contributed by atoms with Crippen molar-refractivity contribution in [1.82, 2.24) is 0 Å². The Morgan fingerprint density at radius 3 is 2.82 bits per heavy atom. The van der Waals surface area contributed by atoms with Gasteiger partial charge >= 0.3 is 0 Å². The SMILES string of the molecule is N#Cc1ccc(C2=NOC(CC(=O)[O-])C2)cc1. The Bertz CT molecular complexity index is 499. The van der Waals surface area contributed by atoms with Crippen molar-refractivity contribution in [3.63, 3.8) is 0 Å². The molecule has 0 aliphatic carbocycles. The molecule has 1 aliphatic heterocycles. The number of hydrogen-bond donors (Lipinski definition) is 0. The number of hydrogen-bond acceptors (Lipinski definition) is 5. The maximum atomic E-state index is 10.4. The summed E-state index contributed by atoms with van der Waals surface area (Å²) in [5.74, 6) is -1.15. The molecule has 0 radical (unpaired) electrons. The average molecular weight is 229 g/mol. The van der Waals surface area contributed by atoms with E-state index in [2.05, 4.69) is 5.16 Å². The van der Waals surface area contributed by atoms with Crippen LogP contribution < -0.4 is 5.11 Å². The van der Waals surface area contributed by atoms with Gasteiger partial charge in [0.1, 0.15) is 6.10 Å².